The minimum Gasteiger partial charge on any atom is -0.396 e. The second-order valence-corrected chi connectivity index (χ2v) is 8.15. The maximum atomic E-state index is 13.2. The van der Waals surface area contributed by atoms with Crippen molar-refractivity contribution in [2.75, 3.05) is 44.4 Å². The van der Waals surface area contributed by atoms with Crippen molar-refractivity contribution in [1.29, 1.82) is 0 Å². The van der Waals surface area contributed by atoms with E-state index in [1.54, 1.807) is 24.3 Å². The number of carbonyl (C=O) groups excluding carboxylic acids is 1. The van der Waals surface area contributed by atoms with E-state index in [-0.39, 0.29) is 11.8 Å². The third-order valence-corrected chi connectivity index (χ3v) is 6.39. The number of benzene rings is 1. The first-order valence-corrected chi connectivity index (χ1v) is 9.89. The number of anilines is 2. The first-order chi connectivity index (χ1) is 14.0. The lowest BCUT2D eigenvalue weighted by Crippen LogP contribution is -2.50. The lowest BCUT2D eigenvalue weighted by atomic mass is 10.1. The number of likely N-dealkylation sites (tertiary alicyclic amines) is 1. The minimum absolute atomic E-state index is 0.180. The van der Waals surface area contributed by atoms with E-state index in [1.807, 2.05) is 4.90 Å². The molecule has 2 amide bonds. The molecule has 3 heterocycles. The molecule has 29 heavy (non-hydrogen) atoms. The molecule has 1 unspecified atom stereocenters. The maximum Gasteiger partial charge on any atom is 0.323 e. The largest absolute Gasteiger partial charge is 0.396 e. The van der Waals surface area contributed by atoms with E-state index in [4.69, 9.17) is 10.5 Å². The van der Waals surface area contributed by atoms with Crippen molar-refractivity contribution >= 4 is 17.5 Å². The fourth-order valence-corrected chi connectivity index (χ4v) is 4.50. The third kappa shape index (κ3) is 3.32. The quantitative estimate of drug-likeness (QED) is 0.827. The van der Waals surface area contributed by atoms with Gasteiger partial charge in [0.05, 0.1) is 30.6 Å². The smallest absolute Gasteiger partial charge is 0.323 e. The van der Waals surface area contributed by atoms with Gasteiger partial charge in [0.2, 0.25) is 0 Å². The number of nitrogens with one attached hydrogen (secondary N) is 1. The fourth-order valence-electron chi connectivity index (χ4n) is 4.50. The molecule has 5 rings (SSSR count). The molecule has 1 aromatic heterocycles. The molecule has 3 aliphatic rings. The molecule has 0 spiro atoms. The second-order valence-electron chi connectivity index (χ2n) is 8.15. The molecular weight excluding hydrogens is 373 g/mol. The number of hydrogen-bond donors (Lipinski definition) is 2. The number of nitrogens with two attached hydrogens (primary N) is 1. The highest BCUT2D eigenvalue weighted by Crippen LogP contribution is 2.49. The first-order valence-electron chi connectivity index (χ1n) is 9.89. The zero-order valence-corrected chi connectivity index (χ0v) is 16.2. The van der Waals surface area contributed by atoms with Crippen LogP contribution in [0.25, 0.3) is 11.3 Å². The third-order valence-electron chi connectivity index (χ3n) is 6.39. The number of piperidine rings is 1. The number of ether oxygens (including phenoxy) is 1. The van der Waals surface area contributed by atoms with Crippen molar-refractivity contribution < 1.29 is 13.9 Å². The molecule has 8 heteroatoms. The van der Waals surface area contributed by atoms with E-state index < -0.39 is 0 Å². The van der Waals surface area contributed by atoms with Gasteiger partial charge in [0.25, 0.3) is 0 Å². The van der Waals surface area contributed by atoms with Crippen molar-refractivity contribution in [2.45, 2.75) is 12.1 Å². The summed E-state index contributed by atoms with van der Waals surface area (Å²) in [4.78, 5) is 21.5. The number of rotatable bonds is 4. The van der Waals surface area contributed by atoms with Gasteiger partial charge in [0.1, 0.15) is 5.82 Å². The Labute approximate surface area is 168 Å². The van der Waals surface area contributed by atoms with Crippen LogP contribution in [-0.2, 0) is 4.74 Å². The number of halogens is 1. The summed E-state index contributed by atoms with van der Waals surface area (Å²) in [5, 5.41) is 2.85. The highest BCUT2D eigenvalue weighted by molar-refractivity contribution is 5.92. The van der Waals surface area contributed by atoms with E-state index in [9.17, 15) is 9.18 Å². The lowest BCUT2D eigenvalue weighted by molar-refractivity contribution is -0.0624. The van der Waals surface area contributed by atoms with Crippen molar-refractivity contribution in [3.05, 3.63) is 42.2 Å². The Balaban J connectivity index is 1.23. The van der Waals surface area contributed by atoms with Gasteiger partial charge in [0.15, 0.2) is 5.82 Å². The molecule has 2 aliphatic heterocycles. The summed E-state index contributed by atoms with van der Waals surface area (Å²) >= 11 is 0. The van der Waals surface area contributed by atoms with Gasteiger partial charge in [-0.25, -0.2) is 14.2 Å². The van der Waals surface area contributed by atoms with Gasteiger partial charge in [-0.1, -0.05) is 0 Å². The van der Waals surface area contributed by atoms with Crippen LogP contribution in [0.4, 0.5) is 20.7 Å². The SMILES string of the molecule is CN(C1COC1)C1[C@H]2CN(C(=O)Nc3nc(-c4ccc(F)cc4)ccc3N)C[C@@H]12. The van der Waals surface area contributed by atoms with E-state index in [0.717, 1.165) is 31.9 Å². The molecule has 7 nitrogen and oxygen atoms in total. The molecule has 0 bridgehead atoms. The summed E-state index contributed by atoms with van der Waals surface area (Å²) in [6, 6.07) is 10.4. The summed E-state index contributed by atoms with van der Waals surface area (Å²) in [5.74, 6) is 1.08. The number of fused-ring (bicyclic) bond motifs is 1. The number of nitrogens with zero attached hydrogens (tertiary/aromatic N) is 3. The molecule has 1 saturated carbocycles. The Bertz CT molecular complexity index is 921. The molecule has 1 aliphatic carbocycles. The van der Waals surface area contributed by atoms with Gasteiger partial charge >= 0.3 is 6.03 Å². The van der Waals surface area contributed by atoms with Gasteiger partial charge in [-0.3, -0.25) is 10.2 Å². The van der Waals surface area contributed by atoms with Gasteiger partial charge in [-0.2, -0.15) is 0 Å². The first kappa shape index (κ1) is 18.3. The Kier molecular flexibility index (Phi) is 4.40. The second kappa shape index (κ2) is 6.96. The van der Waals surface area contributed by atoms with Crippen LogP contribution in [-0.4, -0.2) is 66.2 Å². The van der Waals surface area contributed by atoms with E-state index in [2.05, 4.69) is 22.2 Å². The lowest BCUT2D eigenvalue weighted by Gasteiger charge is -2.36. The predicted molar refractivity (Wildman–Crippen MR) is 108 cm³/mol. The Hall–Kier alpha value is -2.71. The molecular formula is C21H24FN5O2. The van der Waals surface area contributed by atoms with Crippen LogP contribution >= 0.6 is 0 Å². The van der Waals surface area contributed by atoms with Crippen LogP contribution in [0.15, 0.2) is 36.4 Å². The van der Waals surface area contributed by atoms with Crippen molar-refractivity contribution in [3.8, 4) is 11.3 Å². The minimum atomic E-state index is -0.306. The summed E-state index contributed by atoms with van der Waals surface area (Å²) in [7, 11) is 2.16. The van der Waals surface area contributed by atoms with Gasteiger partial charge in [-0.15, -0.1) is 0 Å². The van der Waals surface area contributed by atoms with E-state index >= 15 is 0 Å². The summed E-state index contributed by atoms with van der Waals surface area (Å²) < 4.78 is 18.4. The van der Waals surface area contributed by atoms with E-state index in [0.29, 0.717) is 41.1 Å². The Morgan fingerprint density at radius 1 is 1.21 bits per heavy atom. The summed E-state index contributed by atoms with van der Waals surface area (Å²) in [6.07, 6.45) is 0. The van der Waals surface area contributed by atoms with Crippen LogP contribution in [0.2, 0.25) is 0 Å². The van der Waals surface area contributed by atoms with Gasteiger partial charge < -0.3 is 15.4 Å². The highest BCUT2D eigenvalue weighted by atomic mass is 19.1. The fraction of sp³-hybridized carbons (Fsp3) is 0.429. The van der Waals surface area contributed by atoms with Crippen LogP contribution in [0, 0.1) is 17.7 Å². The van der Waals surface area contributed by atoms with Crippen molar-refractivity contribution in [3.63, 3.8) is 0 Å². The Morgan fingerprint density at radius 2 is 1.90 bits per heavy atom. The maximum absolute atomic E-state index is 13.2. The number of likely N-dealkylation sites (N-methyl/N-ethyl adjacent to an activating group) is 1. The van der Waals surface area contributed by atoms with Crippen LogP contribution in [0.5, 0.6) is 0 Å². The van der Waals surface area contributed by atoms with Crippen molar-refractivity contribution in [2.24, 2.45) is 11.8 Å². The highest BCUT2D eigenvalue weighted by Gasteiger charge is 2.59. The topological polar surface area (TPSA) is 83.7 Å². The number of amides is 2. The normalized spacial score (nSPS) is 25.6. The number of pyridine rings is 1. The number of aromatic nitrogens is 1. The molecule has 2 aromatic rings. The molecule has 152 valence electrons. The predicted octanol–water partition coefficient (Wildman–Crippen LogP) is 2.26. The number of nitrogen functional groups attached to an aromatic ring is 1. The number of hydrogen-bond acceptors (Lipinski definition) is 5. The average Bonchev–Trinajstić information content (AvgIpc) is 3.16. The zero-order valence-electron chi connectivity index (χ0n) is 16.2. The zero-order chi connectivity index (χ0) is 20.1. The summed E-state index contributed by atoms with van der Waals surface area (Å²) in [6.45, 7) is 3.12. The number of urea groups is 1. The number of carbonyl (C=O) groups is 1. The summed E-state index contributed by atoms with van der Waals surface area (Å²) in [5.41, 5.74) is 7.80. The molecule has 2 saturated heterocycles. The molecule has 3 N–H and O–H groups in total. The average molecular weight is 397 g/mol. The molecule has 1 aromatic carbocycles. The van der Waals surface area contributed by atoms with Crippen LogP contribution in [0.3, 0.4) is 0 Å². The van der Waals surface area contributed by atoms with Crippen LogP contribution in [0.1, 0.15) is 0 Å². The molecule has 3 fully saturated rings. The van der Waals surface area contributed by atoms with E-state index in [1.165, 1.54) is 12.1 Å². The van der Waals surface area contributed by atoms with Gasteiger partial charge in [0, 0.05) is 24.7 Å². The Morgan fingerprint density at radius 3 is 2.52 bits per heavy atom. The van der Waals surface area contributed by atoms with Crippen LogP contribution < -0.4 is 11.1 Å². The van der Waals surface area contributed by atoms with Crippen molar-refractivity contribution in [1.82, 2.24) is 14.8 Å². The standard InChI is InChI=1S/C21H24FN5O2/c1-26(14-10-29-11-14)19-15-8-27(9-16(15)19)21(28)25-20-17(23)6-7-18(24-20)12-2-4-13(22)5-3-12/h2-7,14-16,19H,8-11,23H2,1H3,(H,24,25,28)/t15-,16+,19?. The van der Waals surface area contributed by atoms with Gasteiger partial charge in [-0.05, 0) is 55.3 Å². The molecule has 0 radical (unpaired) electrons. The molecule has 3 atom stereocenters. The monoisotopic (exact) mass is 397 g/mol.